The topological polar surface area (TPSA) is 0 Å². The first-order valence-electron chi connectivity index (χ1n) is 4.01. The van der Waals surface area contributed by atoms with Gasteiger partial charge in [-0.3, -0.25) is 0 Å². The molecule has 11 heavy (non-hydrogen) atoms. The van der Waals surface area contributed by atoms with E-state index in [1.807, 2.05) is 6.07 Å². The fourth-order valence-electron chi connectivity index (χ4n) is 1.01. The molecule has 0 nitrogen and oxygen atoms in total. The third-order valence-corrected chi connectivity index (χ3v) is 2.21. The molecule has 60 valence electrons. The van der Waals surface area contributed by atoms with Crippen LogP contribution in [0.1, 0.15) is 18.9 Å². The third kappa shape index (κ3) is 2.94. The van der Waals surface area contributed by atoms with E-state index < -0.39 is 0 Å². The van der Waals surface area contributed by atoms with E-state index in [4.69, 9.17) is 11.6 Å². The maximum absolute atomic E-state index is 6.00. The molecule has 0 saturated carbocycles. The first-order chi connectivity index (χ1) is 5.33. The summed E-state index contributed by atoms with van der Waals surface area (Å²) >= 11 is 6.00. The van der Waals surface area contributed by atoms with Crippen LogP contribution in [0.2, 0.25) is 0 Å². The number of alkyl halides is 1. The minimum absolute atomic E-state index is 0.289. The summed E-state index contributed by atoms with van der Waals surface area (Å²) in [5, 5.41) is 0.289. The number of hydrogen-bond acceptors (Lipinski definition) is 0. The van der Waals surface area contributed by atoms with Gasteiger partial charge in [0.1, 0.15) is 0 Å². The van der Waals surface area contributed by atoms with Crippen LogP contribution < -0.4 is 0 Å². The van der Waals surface area contributed by atoms with Crippen molar-refractivity contribution in [2.75, 3.05) is 0 Å². The quantitative estimate of drug-likeness (QED) is 0.608. The fraction of sp³-hybridized carbons (Fsp3) is 0.400. The first-order valence-corrected chi connectivity index (χ1v) is 4.44. The smallest absolute Gasteiger partial charge is 0.0373 e. The lowest BCUT2D eigenvalue weighted by atomic mass is 10.1. The van der Waals surface area contributed by atoms with Gasteiger partial charge in [-0.2, -0.15) is 0 Å². The zero-order valence-corrected chi connectivity index (χ0v) is 7.51. The lowest BCUT2D eigenvalue weighted by molar-refractivity contribution is 0.805. The van der Waals surface area contributed by atoms with E-state index >= 15 is 0 Å². The molecule has 0 aromatic heterocycles. The van der Waals surface area contributed by atoms with Crippen molar-refractivity contribution in [1.29, 1.82) is 0 Å². The Bertz CT molecular complexity index is 193. The van der Waals surface area contributed by atoms with Gasteiger partial charge in [-0.25, -0.2) is 0 Å². The largest absolute Gasteiger partial charge is 0.123 e. The van der Waals surface area contributed by atoms with E-state index in [2.05, 4.69) is 31.2 Å². The Labute approximate surface area is 73.2 Å². The molecule has 0 aliphatic rings. The molecule has 1 heteroatoms. The van der Waals surface area contributed by atoms with Crippen LogP contribution in [0, 0.1) is 0 Å². The van der Waals surface area contributed by atoms with E-state index in [1.54, 1.807) is 0 Å². The summed E-state index contributed by atoms with van der Waals surface area (Å²) in [4.78, 5) is 0. The molecule has 1 atom stereocenters. The predicted octanol–water partition coefficient (Wildman–Crippen LogP) is 3.25. The van der Waals surface area contributed by atoms with Gasteiger partial charge < -0.3 is 0 Å². The minimum atomic E-state index is 0.289. The molecular weight excluding hydrogens is 156 g/mol. The van der Waals surface area contributed by atoms with Crippen LogP contribution in [0.3, 0.4) is 0 Å². The Hall–Kier alpha value is -0.490. The van der Waals surface area contributed by atoms with Crippen LogP contribution in [0.5, 0.6) is 0 Å². The zero-order valence-electron chi connectivity index (χ0n) is 6.76. The van der Waals surface area contributed by atoms with Crippen molar-refractivity contribution in [2.45, 2.75) is 25.1 Å². The van der Waals surface area contributed by atoms with E-state index in [-0.39, 0.29) is 5.38 Å². The highest BCUT2D eigenvalue weighted by Crippen LogP contribution is 2.10. The van der Waals surface area contributed by atoms with Gasteiger partial charge in [0.25, 0.3) is 0 Å². The maximum atomic E-state index is 6.00. The van der Waals surface area contributed by atoms with E-state index in [9.17, 15) is 0 Å². The van der Waals surface area contributed by atoms with Crippen LogP contribution in [0.25, 0.3) is 0 Å². The highest BCUT2D eigenvalue weighted by molar-refractivity contribution is 6.20. The second-order valence-electron chi connectivity index (χ2n) is 2.70. The van der Waals surface area contributed by atoms with Crippen molar-refractivity contribution in [2.24, 2.45) is 0 Å². The molecule has 1 aromatic rings. The lowest BCUT2D eigenvalue weighted by Gasteiger charge is -2.04. The van der Waals surface area contributed by atoms with Crippen molar-refractivity contribution in [3.63, 3.8) is 0 Å². The van der Waals surface area contributed by atoms with E-state index in [0.29, 0.717) is 0 Å². The Kier molecular flexibility index (Phi) is 3.44. The summed E-state index contributed by atoms with van der Waals surface area (Å²) in [6, 6.07) is 10.4. The van der Waals surface area contributed by atoms with Crippen LogP contribution in [0.4, 0.5) is 0 Å². The van der Waals surface area contributed by atoms with Gasteiger partial charge in [-0.15, -0.1) is 11.6 Å². The lowest BCUT2D eigenvalue weighted by Crippen LogP contribution is -2.00. The summed E-state index contributed by atoms with van der Waals surface area (Å²) in [5.41, 5.74) is 1.33. The van der Waals surface area contributed by atoms with Gasteiger partial charge in [0.15, 0.2) is 0 Å². The molecule has 0 aliphatic carbocycles. The van der Waals surface area contributed by atoms with E-state index in [1.165, 1.54) is 5.56 Å². The summed E-state index contributed by atoms with van der Waals surface area (Å²) in [6.07, 6.45) is 2.02. The highest BCUT2D eigenvalue weighted by Gasteiger charge is 2.00. The van der Waals surface area contributed by atoms with Crippen molar-refractivity contribution < 1.29 is 0 Å². The molecule has 0 bridgehead atoms. The molecule has 0 heterocycles. The van der Waals surface area contributed by atoms with Gasteiger partial charge in [0.2, 0.25) is 0 Å². The van der Waals surface area contributed by atoms with Gasteiger partial charge >= 0.3 is 0 Å². The Morgan fingerprint density at radius 3 is 2.45 bits per heavy atom. The van der Waals surface area contributed by atoms with Gasteiger partial charge in [0, 0.05) is 5.38 Å². The Balaban J connectivity index is 2.51. The van der Waals surface area contributed by atoms with Crippen LogP contribution in [-0.2, 0) is 6.42 Å². The second-order valence-corrected chi connectivity index (χ2v) is 3.31. The SMILES string of the molecule is CC[C@@H](Cl)Cc1ccccc1. The molecule has 0 radical (unpaired) electrons. The number of benzene rings is 1. The molecule has 0 saturated heterocycles. The fourth-order valence-corrected chi connectivity index (χ4v) is 1.19. The summed E-state index contributed by atoms with van der Waals surface area (Å²) in [5.74, 6) is 0. The average molecular weight is 169 g/mol. The molecule has 0 spiro atoms. The van der Waals surface area contributed by atoms with Gasteiger partial charge in [-0.1, -0.05) is 37.3 Å². The number of hydrogen-bond donors (Lipinski definition) is 0. The van der Waals surface area contributed by atoms with Crippen LogP contribution >= 0.6 is 11.6 Å². The highest BCUT2D eigenvalue weighted by atomic mass is 35.5. The second kappa shape index (κ2) is 4.40. The first kappa shape index (κ1) is 8.61. The molecule has 1 aromatic carbocycles. The minimum Gasteiger partial charge on any atom is -0.123 e. The van der Waals surface area contributed by atoms with Crippen molar-refractivity contribution >= 4 is 11.6 Å². The normalized spacial score (nSPS) is 12.9. The molecule has 0 unspecified atom stereocenters. The van der Waals surface area contributed by atoms with E-state index in [0.717, 1.165) is 12.8 Å². The van der Waals surface area contributed by atoms with Crippen molar-refractivity contribution in [3.8, 4) is 0 Å². The average Bonchev–Trinajstić information content (AvgIpc) is 2.06. The number of halogens is 1. The molecule has 0 amide bonds. The third-order valence-electron chi connectivity index (χ3n) is 1.74. The van der Waals surface area contributed by atoms with Crippen LogP contribution in [-0.4, -0.2) is 5.38 Å². The van der Waals surface area contributed by atoms with Gasteiger partial charge in [0.05, 0.1) is 0 Å². The molecular formula is C10H13Cl. The monoisotopic (exact) mass is 168 g/mol. The summed E-state index contributed by atoms with van der Waals surface area (Å²) in [6.45, 7) is 2.11. The zero-order chi connectivity index (χ0) is 8.10. The molecule has 0 N–H and O–H groups in total. The maximum Gasteiger partial charge on any atom is 0.0373 e. The standard InChI is InChI=1S/C10H13Cl/c1-2-10(11)8-9-6-4-3-5-7-9/h3-7,10H,2,8H2,1H3/t10-/m1/s1. The molecule has 0 aliphatic heterocycles. The van der Waals surface area contributed by atoms with Crippen molar-refractivity contribution in [1.82, 2.24) is 0 Å². The predicted molar refractivity (Wildman–Crippen MR) is 50.1 cm³/mol. The van der Waals surface area contributed by atoms with Crippen molar-refractivity contribution in [3.05, 3.63) is 35.9 Å². The molecule has 1 rings (SSSR count). The Morgan fingerprint density at radius 2 is 1.91 bits per heavy atom. The van der Waals surface area contributed by atoms with Crippen LogP contribution in [0.15, 0.2) is 30.3 Å². The van der Waals surface area contributed by atoms with Gasteiger partial charge in [-0.05, 0) is 18.4 Å². The summed E-state index contributed by atoms with van der Waals surface area (Å²) in [7, 11) is 0. The Morgan fingerprint density at radius 1 is 1.27 bits per heavy atom. The summed E-state index contributed by atoms with van der Waals surface area (Å²) < 4.78 is 0. The number of rotatable bonds is 3. The molecule has 0 fully saturated rings.